The Bertz CT molecular complexity index is 945. The van der Waals surface area contributed by atoms with Gasteiger partial charge in [0.05, 0.1) is 6.21 Å². The van der Waals surface area contributed by atoms with E-state index in [0.717, 1.165) is 47.0 Å². The van der Waals surface area contributed by atoms with Crippen molar-refractivity contribution in [3.05, 3.63) is 75.3 Å². The first-order valence-electron chi connectivity index (χ1n) is 8.83. The Hall–Kier alpha value is -2.44. The van der Waals surface area contributed by atoms with Crippen LogP contribution in [0.3, 0.4) is 0 Å². The summed E-state index contributed by atoms with van der Waals surface area (Å²) >= 11 is 11.1. The van der Waals surface area contributed by atoms with Gasteiger partial charge in [0.1, 0.15) is 12.4 Å². The molecule has 0 saturated carbocycles. The van der Waals surface area contributed by atoms with Gasteiger partial charge in [-0.3, -0.25) is 5.10 Å². The molecule has 0 aliphatic heterocycles. The lowest BCUT2D eigenvalue weighted by molar-refractivity contribution is 0.306. The number of benzene rings is 2. The van der Waals surface area contributed by atoms with Crippen molar-refractivity contribution in [3.8, 4) is 5.75 Å². The zero-order chi connectivity index (χ0) is 19.1. The van der Waals surface area contributed by atoms with Crippen LogP contribution in [0.4, 0.5) is 0 Å². The minimum absolute atomic E-state index is 0.496. The number of hydrogen-bond acceptors (Lipinski definition) is 4. The Kier molecular flexibility index (Phi) is 6.79. The van der Waals surface area contributed by atoms with Crippen molar-refractivity contribution in [1.29, 1.82) is 0 Å². The fourth-order valence-electron chi connectivity index (χ4n) is 2.46. The second-order valence-electron chi connectivity index (χ2n) is 6.09. The molecule has 1 aromatic heterocycles. The number of rotatable bonds is 8. The molecule has 2 aromatic carbocycles. The zero-order valence-electron chi connectivity index (χ0n) is 15.1. The van der Waals surface area contributed by atoms with E-state index in [1.807, 2.05) is 48.5 Å². The van der Waals surface area contributed by atoms with Crippen LogP contribution in [0.25, 0.3) is 0 Å². The first-order chi connectivity index (χ1) is 13.2. The Labute approximate surface area is 168 Å². The molecule has 0 aliphatic rings. The van der Waals surface area contributed by atoms with E-state index in [4.69, 9.17) is 28.6 Å². The Morgan fingerprint density at radius 1 is 1.19 bits per heavy atom. The maximum absolute atomic E-state index is 5.89. The van der Waals surface area contributed by atoms with Gasteiger partial charge in [0, 0.05) is 11.4 Å². The van der Waals surface area contributed by atoms with Crippen LogP contribution in [0.2, 0.25) is 5.02 Å². The number of nitrogens with zero attached hydrogens (tertiary/aromatic N) is 3. The average Bonchev–Trinajstić information content (AvgIpc) is 3.04. The van der Waals surface area contributed by atoms with Crippen LogP contribution in [0, 0.1) is 4.77 Å². The standard InChI is InChI=1S/C20H21ClN4OS/c1-2-3-4-19-23-24-20(27)25(19)22-13-15-7-11-18(12-8-15)26-14-16-5-9-17(21)10-6-16/h5-13H,2-4,14H2,1H3,(H,24,27)/b22-13+. The normalized spacial score (nSPS) is 11.2. The van der Waals surface area contributed by atoms with Gasteiger partial charge in [-0.2, -0.15) is 14.9 Å². The monoisotopic (exact) mass is 400 g/mol. The first-order valence-corrected chi connectivity index (χ1v) is 9.62. The van der Waals surface area contributed by atoms with Crippen molar-refractivity contribution >= 4 is 30.0 Å². The molecule has 5 nitrogen and oxygen atoms in total. The highest BCUT2D eigenvalue weighted by molar-refractivity contribution is 7.71. The summed E-state index contributed by atoms with van der Waals surface area (Å²) in [6.45, 7) is 2.64. The van der Waals surface area contributed by atoms with E-state index in [2.05, 4.69) is 22.2 Å². The summed E-state index contributed by atoms with van der Waals surface area (Å²) in [6.07, 6.45) is 4.76. The summed E-state index contributed by atoms with van der Waals surface area (Å²) in [4.78, 5) is 0. The fourth-order valence-corrected chi connectivity index (χ4v) is 2.79. The molecular weight excluding hydrogens is 380 g/mol. The molecule has 3 rings (SSSR count). The van der Waals surface area contributed by atoms with E-state index in [0.29, 0.717) is 11.4 Å². The SMILES string of the molecule is CCCCc1n[nH]c(=S)n1/N=C/c1ccc(OCc2ccc(Cl)cc2)cc1. The summed E-state index contributed by atoms with van der Waals surface area (Å²) in [5.41, 5.74) is 2.03. The summed E-state index contributed by atoms with van der Waals surface area (Å²) in [6, 6.07) is 15.4. The number of aromatic amines is 1. The minimum Gasteiger partial charge on any atom is -0.489 e. The molecule has 27 heavy (non-hydrogen) atoms. The van der Waals surface area contributed by atoms with Crippen LogP contribution >= 0.6 is 23.8 Å². The molecule has 0 amide bonds. The quantitative estimate of drug-likeness (QED) is 0.407. The highest BCUT2D eigenvalue weighted by atomic mass is 35.5. The molecule has 140 valence electrons. The predicted molar refractivity (Wildman–Crippen MR) is 111 cm³/mol. The lowest BCUT2D eigenvalue weighted by Crippen LogP contribution is -1.99. The van der Waals surface area contributed by atoms with E-state index in [1.54, 1.807) is 10.9 Å². The van der Waals surface area contributed by atoms with Crippen LogP contribution in [0.15, 0.2) is 53.6 Å². The van der Waals surface area contributed by atoms with E-state index in [9.17, 15) is 0 Å². The highest BCUT2D eigenvalue weighted by Crippen LogP contribution is 2.15. The molecule has 7 heteroatoms. The van der Waals surface area contributed by atoms with E-state index in [1.165, 1.54) is 0 Å². The lowest BCUT2D eigenvalue weighted by Gasteiger charge is -2.06. The average molecular weight is 401 g/mol. The molecule has 1 heterocycles. The van der Waals surface area contributed by atoms with Crippen LogP contribution < -0.4 is 4.74 Å². The largest absolute Gasteiger partial charge is 0.489 e. The second-order valence-corrected chi connectivity index (χ2v) is 6.91. The molecule has 0 unspecified atom stereocenters. The number of aryl methyl sites for hydroxylation is 1. The molecule has 1 N–H and O–H groups in total. The minimum atomic E-state index is 0.496. The third-order valence-corrected chi connectivity index (χ3v) is 4.51. The van der Waals surface area contributed by atoms with Crippen LogP contribution in [0.5, 0.6) is 5.75 Å². The third kappa shape index (κ3) is 5.52. The van der Waals surface area contributed by atoms with Crippen molar-refractivity contribution in [3.63, 3.8) is 0 Å². The number of halogens is 1. The van der Waals surface area contributed by atoms with Gasteiger partial charge in [-0.1, -0.05) is 37.1 Å². The zero-order valence-corrected chi connectivity index (χ0v) is 16.6. The summed E-state index contributed by atoms with van der Waals surface area (Å²) < 4.78 is 7.97. The predicted octanol–water partition coefficient (Wildman–Crippen LogP) is 5.40. The van der Waals surface area contributed by atoms with E-state index >= 15 is 0 Å². The van der Waals surface area contributed by atoms with Gasteiger partial charge in [-0.25, -0.2) is 0 Å². The number of aromatic nitrogens is 3. The van der Waals surface area contributed by atoms with Gasteiger partial charge in [0.15, 0.2) is 5.82 Å². The molecule has 0 radical (unpaired) electrons. The van der Waals surface area contributed by atoms with Crippen molar-refractivity contribution in [2.75, 3.05) is 0 Å². The number of ether oxygens (including phenoxy) is 1. The Morgan fingerprint density at radius 3 is 2.63 bits per heavy atom. The van der Waals surface area contributed by atoms with Gasteiger partial charge in [-0.15, -0.1) is 0 Å². The molecule has 0 saturated heterocycles. The van der Waals surface area contributed by atoms with Gasteiger partial charge in [0.25, 0.3) is 0 Å². The van der Waals surface area contributed by atoms with Gasteiger partial charge >= 0.3 is 0 Å². The van der Waals surface area contributed by atoms with Gasteiger partial charge < -0.3 is 4.74 Å². The van der Waals surface area contributed by atoms with E-state index in [-0.39, 0.29) is 0 Å². The molecule has 0 fully saturated rings. The first kappa shape index (κ1) is 19.3. The van der Waals surface area contributed by atoms with E-state index < -0.39 is 0 Å². The highest BCUT2D eigenvalue weighted by Gasteiger charge is 2.04. The third-order valence-electron chi connectivity index (χ3n) is 3.99. The Morgan fingerprint density at radius 2 is 1.93 bits per heavy atom. The summed E-state index contributed by atoms with van der Waals surface area (Å²) in [7, 11) is 0. The topological polar surface area (TPSA) is 55.2 Å². The maximum Gasteiger partial charge on any atom is 0.216 e. The van der Waals surface area contributed by atoms with Crippen molar-refractivity contribution < 1.29 is 4.74 Å². The second kappa shape index (κ2) is 9.48. The van der Waals surface area contributed by atoms with Crippen LogP contribution in [-0.2, 0) is 13.0 Å². The Balaban J connectivity index is 1.62. The number of nitrogens with one attached hydrogen (secondary N) is 1. The van der Waals surface area contributed by atoms with Gasteiger partial charge in [0.2, 0.25) is 4.77 Å². The van der Waals surface area contributed by atoms with Crippen molar-refractivity contribution in [2.45, 2.75) is 32.8 Å². The lowest BCUT2D eigenvalue weighted by atomic mass is 10.2. The molecule has 0 aliphatic carbocycles. The van der Waals surface area contributed by atoms with Gasteiger partial charge in [-0.05, 0) is 66.2 Å². The number of hydrogen-bond donors (Lipinski definition) is 1. The molecule has 3 aromatic rings. The molecule has 0 atom stereocenters. The van der Waals surface area contributed by atoms with Crippen LogP contribution in [0.1, 0.15) is 36.7 Å². The molecular formula is C20H21ClN4OS. The number of unbranched alkanes of at least 4 members (excludes halogenated alkanes) is 1. The van der Waals surface area contributed by atoms with Crippen LogP contribution in [-0.4, -0.2) is 21.1 Å². The smallest absolute Gasteiger partial charge is 0.216 e. The fraction of sp³-hybridized carbons (Fsp3) is 0.250. The van der Waals surface area contributed by atoms with Crippen molar-refractivity contribution in [1.82, 2.24) is 14.9 Å². The molecule has 0 spiro atoms. The van der Waals surface area contributed by atoms with Crippen molar-refractivity contribution in [2.24, 2.45) is 5.10 Å². The molecule has 0 bridgehead atoms. The maximum atomic E-state index is 5.89. The summed E-state index contributed by atoms with van der Waals surface area (Å²) in [5.74, 6) is 1.65. The summed E-state index contributed by atoms with van der Waals surface area (Å²) in [5, 5.41) is 12.2. The number of H-pyrrole nitrogens is 1.